The summed E-state index contributed by atoms with van der Waals surface area (Å²) in [7, 11) is 1.66. The Kier molecular flexibility index (Phi) is 5.32. The highest BCUT2D eigenvalue weighted by Gasteiger charge is 2.19. The molecule has 1 aromatic heterocycles. The Morgan fingerprint density at radius 2 is 2.11 bits per heavy atom. The van der Waals surface area contributed by atoms with Crippen LogP contribution in [0.5, 0.6) is 5.88 Å². The fourth-order valence-electron chi connectivity index (χ4n) is 2.42. The minimum Gasteiger partial charge on any atom is -0.481 e. The van der Waals surface area contributed by atoms with E-state index in [1.807, 2.05) is 30.0 Å². The van der Waals surface area contributed by atoms with Crippen molar-refractivity contribution in [2.75, 3.05) is 13.4 Å². The Hall–Kier alpha value is -0.740. The van der Waals surface area contributed by atoms with Crippen molar-refractivity contribution in [2.45, 2.75) is 43.5 Å². The fourth-order valence-corrected chi connectivity index (χ4v) is 3.16. The van der Waals surface area contributed by atoms with Gasteiger partial charge < -0.3 is 10.1 Å². The van der Waals surface area contributed by atoms with Crippen molar-refractivity contribution in [2.24, 2.45) is 0 Å². The molecule has 1 aliphatic rings. The van der Waals surface area contributed by atoms with Gasteiger partial charge in [-0.15, -0.1) is 0 Å². The molecule has 18 heavy (non-hydrogen) atoms. The monoisotopic (exact) mass is 266 g/mol. The molecule has 0 radical (unpaired) electrons. The van der Waals surface area contributed by atoms with E-state index in [1.165, 1.54) is 25.7 Å². The van der Waals surface area contributed by atoms with E-state index >= 15 is 0 Å². The van der Waals surface area contributed by atoms with Gasteiger partial charge in [0.05, 0.1) is 12.8 Å². The van der Waals surface area contributed by atoms with Gasteiger partial charge in [0.25, 0.3) is 0 Å². The van der Waals surface area contributed by atoms with Crippen LogP contribution in [0.2, 0.25) is 0 Å². The topological polar surface area (TPSA) is 34.1 Å². The normalized spacial score (nSPS) is 23.9. The molecule has 0 amide bonds. The van der Waals surface area contributed by atoms with Gasteiger partial charge in [-0.1, -0.05) is 6.07 Å². The summed E-state index contributed by atoms with van der Waals surface area (Å²) in [6.07, 6.45) is 7.47. The molecule has 3 nitrogen and oxygen atoms in total. The van der Waals surface area contributed by atoms with Crippen LogP contribution in [0.15, 0.2) is 18.2 Å². The first-order valence-corrected chi connectivity index (χ1v) is 7.86. The molecule has 0 unspecified atom stereocenters. The number of hydrogen-bond acceptors (Lipinski definition) is 4. The van der Waals surface area contributed by atoms with Gasteiger partial charge >= 0.3 is 0 Å². The van der Waals surface area contributed by atoms with Crippen LogP contribution in [-0.2, 0) is 6.54 Å². The van der Waals surface area contributed by atoms with Crippen molar-refractivity contribution in [1.82, 2.24) is 10.3 Å². The average Bonchev–Trinajstić information content (AvgIpc) is 2.46. The fraction of sp³-hybridized carbons (Fsp3) is 0.643. The molecule has 1 N–H and O–H groups in total. The number of nitrogens with zero attached hydrogens (tertiary/aromatic N) is 1. The van der Waals surface area contributed by atoms with Crippen molar-refractivity contribution in [3.8, 4) is 5.88 Å². The summed E-state index contributed by atoms with van der Waals surface area (Å²) in [5, 5.41) is 4.48. The highest BCUT2D eigenvalue weighted by atomic mass is 32.2. The molecule has 0 atom stereocenters. The van der Waals surface area contributed by atoms with Crippen LogP contribution in [0.25, 0.3) is 0 Å². The number of thioether (sulfide) groups is 1. The third-order valence-corrected chi connectivity index (χ3v) is 4.71. The third-order valence-electron chi connectivity index (χ3n) is 3.57. The second-order valence-corrected chi connectivity index (χ2v) is 5.90. The second-order valence-electron chi connectivity index (χ2n) is 4.76. The van der Waals surface area contributed by atoms with Gasteiger partial charge in [-0.3, -0.25) is 0 Å². The molecule has 0 aliphatic heterocycles. The van der Waals surface area contributed by atoms with Crippen molar-refractivity contribution < 1.29 is 4.74 Å². The van der Waals surface area contributed by atoms with E-state index in [4.69, 9.17) is 4.74 Å². The van der Waals surface area contributed by atoms with Crippen LogP contribution in [0, 0.1) is 0 Å². The number of methoxy groups -OCH3 is 1. The molecule has 1 saturated carbocycles. The molecule has 2 rings (SSSR count). The molecule has 1 aliphatic carbocycles. The van der Waals surface area contributed by atoms with Gasteiger partial charge in [-0.25, -0.2) is 4.98 Å². The lowest BCUT2D eigenvalue weighted by Gasteiger charge is -2.28. The lowest BCUT2D eigenvalue weighted by atomic mass is 9.95. The van der Waals surface area contributed by atoms with Crippen LogP contribution in [-0.4, -0.2) is 29.6 Å². The highest BCUT2D eigenvalue weighted by molar-refractivity contribution is 7.99. The molecule has 0 bridgehead atoms. The third kappa shape index (κ3) is 3.89. The van der Waals surface area contributed by atoms with E-state index in [-0.39, 0.29) is 0 Å². The molecular formula is C14H22N2OS. The number of hydrogen-bond donors (Lipinski definition) is 1. The summed E-state index contributed by atoms with van der Waals surface area (Å²) in [5.41, 5.74) is 1.06. The maximum atomic E-state index is 5.13. The highest BCUT2D eigenvalue weighted by Crippen LogP contribution is 2.26. The molecule has 1 fully saturated rings. The Morgan fingerprint density at radius 3 is 2.78 bits per heavy atom. The molecule has 1 aromatic rings. The van der Waals surface area contributed by atoms with Gasteiger partial charge in [0.1, 0.15) is 0 Å². The molecule has 0 spiro atoms. The molecule has 1 heterocycles. The van der Waals surface area contributed by atoms with Gasteiger partial charge in [-0.2, -0.15) is 11.8 Å². The van der Waals surface area contributed by atoms with E-state index in [2.05, 4.69) is 16.6 Å². The predicted octanol–water partition coefficient (Wildman–Crippen LogP) is 2.85. The van der Waals surface area contributed by atoms with Gasteiger partial charge in [-0.05, 0) is 38.0 Å². The van der Waals surface area contributed by atoms with Crippen molar-refractivity contribution in [3.63, 3.8) is 0 Å². The molecule has 100 valence electrons. The molecule has 0 saturated heterocycles. The zero-order valence-electron chi connectivity index (χ0n) is 11.2. The lowest BCUT2D eigenvalue weighted by Crippen LogP contribution is -2.33. The maximum Gasteiger partial charge on any atom is 0.213 e. The van der Waals surface area contributed by atoms with Crippen LogP contribution in [0.3, 0.4) is 0 Å². The minimum atomic E-state index is 0.654. The van der Waals surface area contributed by atoms with E-state index in [0.717, 1.165) is 17.5 Å². The SMILES string of the molecule is COc1cccc(CNC2CCC(SC)CC2)n1. The number of aromatic nitrogens is 1. The quantitative estimate of drug-likeness (QED) is 0.888. The van der Waals surface area contributed by atoms with Crippen molar-refractivity contribution in [3.05, 3.63) is 23.9 Å². The van der Waals surface area contributed by atoms with Crippen molar-refractivity contribution in [1.29, 1.82) is 0 Å². The second kappa shape index (κ2) is 7.00. The summed E-state index contributed by atoms with van der Waals surface area (Å²) < 4.78 is 5.13. The number of pyridine rings is 1. The van der Waals surface area contributed by atoms with E-state index in [1.54, 1.807) is 7.11 Å². The average molecular weight is 266 g/mol. The Bertz CT molecular complexity index is 365. The summed E-state index contributed by atoms with van der Waals surface area (Å²) in [6.45, 7) is 0.839. The van der Waals surface area contributed by atoms with Gasteiger partial charge in [0.15, 0.2) is 0 Å². The summed E-state index contributed by atoms with van der Waals surface area (Å²) >= 11 is 2.01. The Morgan fingerprint density at radius 1 is 1.33 bits per heavy atom. The Labute approximate surface area is 114 Å². The summed E-state index contributed by atoms with van der Waals surface area (Å²) in [5.74, 6) is 0.695. The van der Waals surface area contributed by atoms with E-state index < -0.39 is 0 Å². The van der Waals surface area contributed by atoms with Gasteiger partial charge in [0.2, 0.25) is 5.88 Å². The molecule has 4 heteroatoms. The predicted molar refractivity (Wildman–Crippen MR) is 77.2 cm³/mol. The first-order valence-electron chi connectivity index (χ1n) is 6.58. The zero-order chi connectivity index (χ0) is 12.8. The molecular weight excluding hydrogens is 244 g/mol. The van der Waals surface area contributed by atoms with Crippen LogP contribution < -0.4 is 10.1 Å². The van der Waals surface area contributed by atoms with Crippen LogP contribution >= 0.6 is 11.8 Å². The largest absolute Gasteiger partial charge is 0.481 e. The van der Waals surface area contributed by atoms with Crippen LogP contribution in [0.1, 0.15) is 31.4 Å². The standard InChI is InChI=1S/C14H22N2OS/c1-17-14-5-3-4-12(16-14)10-15-11-6-8-13(18-2)9-7-11/h3-5,11,13,15H,6-10H2,1-2H3. The number of rotatable bonds is 5. The van der Waals surface area contributed by atoms with Gasteiger partial charge in [0, 0.05) is 23.9 Å². The first kappa shape index (κ1) is 13.7. The maximum absolute atomic E-state index is 5.13. The zero-order valence-corrected chi connectivity index (χ0v) is 12.0. The van der Waals surface area contributed by atoms with E-state index in [9.17, 15) is 0 Å². The minimum absolute atomic E-state index is 0.654. The number of ether oxygens (including phenoxy) is 1. The first-order chi connectivity index (χ1) is 8.81. The number of nitrogens with one attached hydrogen (secondary N) is 1. The summed E-state index contributed by atoms with van der Waals surface area (Å²) in [4.78, 5) is 4.42. The smallest absolute Gasteiger partial charge is 0.213 e. The lowest BCUT2D eigenvalue weighted by molar-refractivity contribution is 0.372. The Balaban J connectivity index is 1.77. The van der Waals surface area contributed by atoms with E-state index in [0.29, 0.717) is 11.9 Å². The molecule has 0 aromatic carbocycles. The summed E-state index contributed by atoms with van der Waals surface area (Å²) in [6, 6.07) is 6.57. The van der Waals surface area contributed by atoms with Crippen LogP contribution in [0.4, 0.5) is 0 Å². The van der Waals surface area contributed by atoms with Crippen molar-refractivity contribution >= 4 is 11.8 Å².